The van der Waals surface area contributed by atoms with E-state index in [0.717, 1.165) is 29.0 Å². The summed E-state index contributed by atoms with van der Waals surface area (Å²) in [6, 6.07) is 10.3. The molecule has 1 aromatic carbocycles. The maximum atomic E-state index is 12.2. The van der Waals surface area contributed by atoms with E-state index >= 15 is 0 Å². The average molecular weight is 286 g/mol. The van der Waals surface area contributed by atoms with Crippen molar-refractivity contribution < 1.29 is 4.79 Å². The van der Waals surface area contributed by atoms with E-state index < -0.39 is 0 Å². The van der Waals surface area contributed by atoms with Gasteiger partial charge in [0.25, 0.3) is 5.91 Å². The molecule has 0 fully saturated rings. The molecule has 4 heteroatoms. The lowest BCUT2D eigenvalue weighted by molar-refractivity contribution is 0.0936. The molecule has 3 rings (SSSR count). The monoisotopic (exact) mass is 286 g/mol. The van der Waals surface area contributed by atoms with Crippen LogP contribution >= 0.6 is 11.3 Å². The lowest BCUT2D eigenvalue weighted by Crippen LogP contribution is -2.37. The second kappa shape index (κ2) is 5.29. The van der Waals surface area contributed by atoms with Crippen molar-refractivity contribution in [1.82, 2.24) is 5.32 Å². The molecule has 3 nitrogen and oxygen atoms in total. The Morgan fingerprint density at radius 1 is 1.20 bits per heavy atom. The first-order chi connectivity index (χ1) is 9.67. The van der Waals surface area contributed by atoms with Crippen LogP contribution in [0.25, 0.3) is 0 Å². The van der Waals surface area contributed by atoms with Crippen LogP contribution in [0.4, 0.5) is 5.00 Å². The van der Waals surface area contributed by atoms with E-state index in [2.05, 4.69) is 48.7 Å². The minimum atomic E-state index is -0.135. The van der Waals surface area contributed by atoms with Gasteiger partial charge in [0.05, 0.1) is 5.56 Å². The number of hydrogen-bond donors (Lipinski definition) is 2. The van der Waals surface area contributed by atoms with E-state index in [-0.39, 0.29) is 12.1 Å². The number of aryl methyl sites for hydroxylation is 2. The van der Waals surface area contributed by atoms with Gasteiger partial charge in [-0.3, -0.25) is 4.79 Å². The number of anilines is 1. The van der Waals surface area contributed by atoms with E-state index in [1.165, 1.54) is 10.4 Å². The SMILES string of the molecule is CCCc1cc2c(s1)N[C@@H](c1ccc(C)cc1)NC2=O. The third kappa shape index (κ3) is 2.43. The third-order valence-electron chi connectivity index (χ3n) is 3.49. The second-order valence-electron chi connectivity index (χ2n) is 5.17. The predicted molar refractivity (Wildman–Crippen MR) is 83.3 cm³/mol. The first kappa shape index (κ1) is 13.2. The van der Waals surface area contributed by atoms with Crippen molar-refractivity contribution in [3.8, 4) is 0 Å². The Hall–Kier alpha value is -1.81. The lowest BCUT2D eigenvalue weighted by atomic mass is 10.1. The highest BCUT2D eigenvalue weighted by atomic mass is 32.1. The molecule has 1 atom stereocenters. The van der Waals surface area contributed by atoms with Crippen molar-refractivity contribution in [2.24, 2.45) is 0 Å². The van der Waals surface area contributed by atoms with Crippen LogP contribution in [0.2, 0.25) is 0 Å². The summed E-state index contributed by atoms with van der Waals surface area (Å²) in [5.41, 5.74) is 3.08. The highest BCUT2D eigenvalue weighted by Crippen LogP contribution is 2.34. The van der Waals surface area contributed by atoms with Gasteiger partial charge >= 0.3 is 0 Å². The van der Waals surface area contributed by atoms with Crippen LogP contribution in [-0.4, -0.2) is 5.91 Å². The van der Waals surface area contributed by atoms with E-state index in [1.807, 2.05) is 6.07 Å². The molecule has 0 aliphatic carbocycles. The number of nitrogens with one attached hydrogen (secondary N) is 2. The van der Waals surface area contributed by atoms with Crippen LogP contribution < -0.4 is 10.6 Å². The normalized spacial score (nSPS) is 17.3. The molecule has 0 radical (unpaired) electrons. The number of thiophene rings is 1. The Kier molecular flexibility index (Phi) is 3.49. The van der Waals surface area contributed by atoms with Gasteiger partial charge in [0, 0.05) is 4.88 Å². The van der Waals surface area contributed by atoms with Crippen molar-refractivity contribution in [2.45, 2.75) is 32.9 Å². The maximum absolute atomic E-state index is 12.2. The van der Waals surface area contributed by atoms with Crippen molar-refractivity contribution in [1.29, 1.82) is 0 Å². The van der Waals surface area contributed by atoms with Crippen LogP contribution in [0.5, 0.6) is 0 Å². The van der Waals surface area contributed by atoms with Crippen LogP contribution in [0.1, 0.15) is 45.9 Å². The smallest absolute Gasteiger partial charge is 0.256 e. The molecule has 2 N–H and O–H groups in total. The molecule has 1 aromatic heterocycles. The molecule has 2 aromatic rings. The zero-order chi connectivity index (χ0) is 14.1. The van der Waals surface area contributed by atoms with Gasteiger partial charge in [0.1, 0.15) is 11.2 Å². The molecule has 1 amide bonds. The third-order valence-corrected chi connectivity index (χ3v) is 4.61. The van der Waals surface area contributed by atoms with Gasteiger partial charge in [-0.1, -0.05) is 43.2 Å². The van der Waals surface area contributed by atoms with Crippen molar-refractivity contribution in [3.63, 3.8) is 0 Å². The maximum Gasteiger partial charge on any atom is 0.256 e. The fourth-order valence-electron chi connectivity index (χ4n) is 2.39. The van der Waals surface area contributed by atoms with Crippen LogP contribution in [-0.2, 0) is 6.42 Å². The summed E-state index contributed by atoms with van der Waals surface area (Å²) in [7, 11) is 0. The zero-order valence-corrected chi connectivity index (χ0v) is 12.5. The van der Waals surface area contributed by atoms with Crippen LogP contribution in [0.3, 0.4) is 0 Å². The zero-order valence-electron chi connectivity index (χ0n) is 11.7. The number of hydrogen-bond acceptors (Lipinski definition) is 3. The number of fused-ring (bicyclic) bond motifs is 1. The molecule has 0 bridgehead atoms. The average Bonchev–Trinajstić information content (AvgIpc) is 2.83. The van der Waals surface area contributed by atoms with Gasteiger partial charge in [-0.25, -0.2) is 0 Å². The highest BCUT2D eigenvalue weighted by Gasteiger charge is 2.26. The largest absolute Gasteiger partial charge is 0.353 e. The van der Waals surface area contributed by atoms with Gasteiger partial charge < -0.3 is 10.6 Å². The Labute approximate surface area is 123 Å². The Bertz CT molecular complexity index is 630. The molecule has 104 valence electrons. The molecule has 0 saturated heterocycles. The molecule has 0 saturated carbocycles. The number of amides is 1. The van der Waals surface area contributed by atoms with Gasteiger partial charge in [-0.05, 0) is 25.0 Å². The van der Waals surface area contributed by atoms with Gasteiger partial charge in [0.15, 0.2) is 0 Å². The minimum absolute atomic E-state index is 0.0166. The fraction of sp³-hybridized carbons (Fsp3) is 0.312. The predicted octanol–water partition coefficient (Wildman–Crippen LogP) is 3.86. The fourth-order valence-corrected chi connectivity index (χ4v) is 3.57. The summed E-state index contributed by atoms with van der Waals surface area (Å²) in [5.74, 6) is 0.0166. The number of benzene rings is 1. The van der Waals surface area contributed by atoms with Crippen LogP contribution in [0.15, 0.2) is 30.3 Å². The number of rotatable bonds is 3. The summed E-state index contributed by atoms with van der Waals surface area (Å²) < 4.78 is 0. The Balaban J connectivity index is 1.88. The molecule has 2 heterocycles. The molecule has 1 aliphatic rings. The van der Waals surface area contributed by atoms with E-state index in [4.69, 9.17) is 0 Å². The summed E-state index contributed by atoms with van der Waals surface area (Å²) >= 11 is 1.69. The van der Waals surface area contributed by atoms with Gasteiger partial charge in [0.2, 0.25) is 0 Å². The van der Waals surface area contributed by atoms with E-state index in [9.17, 15) is 4.79 Å². The quantitative estimate of drug-likeness (QED) is 0.899. The first-order valence-electron chi connectivity index (χ1n) is 6.94. The lowest BCUT2D eigenvalue weighted by Gasteiger charge is -2.26. The van der Waals surface area contributed by atoms with Crippen molar-refractivity contribution in [2.75, 3.05) is 5.32 Å². The number of carbonyl (C=O) groups is 1. The summed E-state index contributed by atoms with van der Waals surface area (Å²) in [4.78, 5) is 13.5. The molecular weight excluding hydrogens is 268 g/mol. The standard InChI is InChI=1S/C16H18N2OS/c1-3-4-12-9-13-15(19)17-14(18-16(13)20-12)11-7-5-10(2)6-8-11/h5-9,14,18H,3-4H2,1-2H3,(H,17,19)/t14-/m0/s1. The molecular formula is C16H18N2OS. The van der Waals surface area contributed by atoms with E-state index in [0.29, 0.717) is 0 Å². The number of carbonyl (C=O) groups excluding carboxylic acids is 1. The molecule has 0 spiro atoms. The molecule has 1 aliphatic heterocycles. The summed E-state index contributed by atoms with van der Waals surface area (Å²) in [6.07, 6.45) is 1.99. The van der Waals surface area contributed by atoms with Crippen molar-refractivity contribution in [3.05, 3.63) is 51.9 Å². The Morgan fingerprint density at radius 3 is 2.65 bits per heavy atom. The highest BCUT2D eigenvalue weighted by molar-refractivity contribution is 7.16. The summed E-state index contributed by atoms with van der Waals surface area (Å²) in [6.45, 7) is 4.21. The molecule has 0 unspecified atom stereocenters. The summed E-state index contributed by atoms with van der Waals surface area (Å²) in [5, 5.41) is 7.44. The van der Waals surface area contributed by atoms with Crippen LogP contribution in [0, 0.1) is 6.92 Å². The van der Waals surface area contributed by atoms with E-state index in [1.54, 1.807) is 11.3 Å². The molecule has 20 heavy (non-hydrogen) atoms. The van der Waals surface area contributed by atoms with Crippen molar-refractivity contribution >= 4 is 22.2 Å². The minimum Gasteiger partial charge on any atom is -0.353 e. The van der Waals surface area contributed by atoms with Gasteiger partial charge in [-0.2, -0.15) is 0 Å². The Morgan fingerprint density at radius 2 is 1.95 bits per heavy atom. The van der Waals surface area contributed by atoms with Gasteiger partial charge in [-0.15, -0.1) is 11.3 Å². The first-order valence-corrected chi connectivity index (χ1v) is 7.75. The second-order valence-corrected chi connectivity index (χ2v) is 6.30. The topological polar surface area (TPSA) is 41.1 Å².